The summed E-state index contributed by atoms with van der Waals surface area (Å²) in [5.74, 6) is 1.90. The van der Waals surface area contributed by atoms with Crippen LogP contribution in [0.2, 0.25) is 0 Å². The summed E-state index contributed by atoms with van der Waals surface area (Å²) < 4.78 is 5.49. The van der Waals surface area contributed by atoms with Crippen LogP contribution in [0.25, 0.3) is 0 Å². The molecule has 7 nitrogen and oxygen atoms in total. The molecule has 1 amide bonds. The summed E-state index contributed by atoms with van der Waals surface area (Å²) >= 11 is 0. The monoisotopic (exact) mass is 529 g/mol. The number of carbonyl (C=O) groups is 1. The Hall–Kier alpha value is -1.71. The van der Waals surface area contributed by atoms with Crippen molar-refractivity contribution in [2.24, 2.45) is 4.99 Å². The van der Waals surface area contributed by atoms with Crippen LogP contribution < -0.4 is 20.3 Å². The lowest BCUT2D eigenvalue weighted by Gasteiger charge is -2.33. The normalized spacial score (nSPS) is 21.8. The number of benzene rings is 1. The summed E-state index contributed by atoms with van der Waals surface area (Å²) in [5.41, 5.74) is 1.13. The zero-order valence-electron chi connectivity index (χ0n) is 18.4. The average Bonchev–Trinajstić information content (AvgIpc) is 3.21. The smallest absolute Gasteiger partial charge is 0.224 e. The quantitative estimate of drug-likeness (QED) is 0.337. The maximum absolute atomic E-state index is 12.5. The zero-order chi connectivity index (χ0) is 20.6. The van der Waals surface area contributed by atoms with Crippen LogP contribution >= 0.6 is 24.0 Å². The number of anilines is 1. The molecule has 0 spiro atoms. The second-order valence-electron chi connectivity index (χ2n) is 7.93. The molecule has 0 aliphatic carbocycles. The summed E-state index contributed by atoms with van der Waals surface area (Å²) in [6, 6.07) is 8.81. The highest BCUT2D eigenvalue weighted by molar-refractivity contribution is 14.0. The molecular formula is C22H36IN5O2. The maximum atomic E-state index is 12.5. The first-order valence-electron chi connectivity index (χ1n) is 10.8. The van der Waals surface area contributed by atoms with Gasteiger partial charge in [-0.25, -0.2) is 0 Å². The molecular weight excluding hydrogens is 493 g/mol. The molecule has 2 fully saturated rings. The molecule has 1 aromatic rings. The van der Waals surface area contributed by atoms with Crippen LogP contribution in [0.3, 0.4) is 0 Å². The zero-order valence-corrected chi connectivity index (χ0v) is 20.7. The Labute approximate surface area is 197 Å². The van der Waals surface area contributed by atoms with Gasteiger partial charge in [0.15, 0.2) is 5.96 Å². The Balaban J connectivity index is 0.00000320. The van der Waals surface area contributed by atoms with Gasteiger partial charge in [-0.05, 0) is 44.7 Å². The third-order valence-electron chi connectivity index (χ3n) is 5.93. The van der Waals surface area contributed by atoms with Crippen LogP contribution in [-0.2, 0) is 4.79 Å². The molecule has 2 unspecified atom stereocenters. The largest absolute Gasteiger partial charge is 0.495 e. The van der Waals surface area contributed by atoms with Gasteiger partial charge >= 0.3 is 0 Å². The van der Waals surface area contributed by atoms with Gasteiger partial charge in [0.05, 0.1) is 12.8 Å². The third-order valence-corrected chi connectivity index (χ3v) is 5.93. The lowest BCUT2D eigenvalue weighted by Crippen LogP contribution is -2.46. The first-order valence-corrected chi connectivity index (χ1v) is 10.8. The number of aliphatic imine (C=N–C) groups is 1. The number of halogens is 1. The Bertz CT molecular complexity index is 715. The van der Waals surface area contributed by atoms with E-state index >= 15 is 0 Å². The van der Waals surface area contributed by atoms with E-state index < -0.39 is 0 Å². The number of nitrogens with zero attached hydrogens (tertiary/aromatic N) is 3. The van der Waals surface area contributed by atoms with Crippen molar-refractivity contribution in [3.05, 3.63) is 24.3 Å². The second-order valence-corrected chi connectivity index (χ2v) is 7.93. The van der Waals surface area contributed by atoms with E-state index in [2.05, 4.69) is 33.5 Å². The van der Waals surface area contributed by atoms with Gasteiger partial charge in [0.25, 0.3) is 0 Å². The standard InChI is InChI=1S/C22H35N5O2.HI/c1-17-8-6-7-14-27(17)21(28)11-13-24-22(23-2)25-18-12-15-26(16-18)19-9-4-5-10-20(19)29-3;/h4-5,9-10,17-18H,6-8,11-16H2,1-3H3,(H2,23,24,25);1H. The molecule has 0 aromatic heterocycles. The Kier molecular flexibility index (Phi) is 10.0. The van der Waals surface area contributed by atoms with E-state index in [9.17, 15) is 4.79 Å². The Morgan fingerprint density at radius 1 is 1.23 bits per heavy atom. The van der Waals surface area contributed by atoms with Crippen molar-refractivity contribution in [3.63, 3.8) is 0 Å². The molecule has 2 saturated heterocycles. The van der Waals surface area contributed by atoms with Gasteiger partial charge < -0.3 is 25.2 Å². The van der Waals surface area contributed by atoms with E-state index in [1.165, 1.54) is 6.42 Å². The number of amides is 1. The molecule has 1 aromatic carbocycles. The molecule has 0 radical (unpaired) electrons. The van der Waals surface area contributed by atoms with E-state index in [1.807, 2.05) is 23.1 Å². The minimum absolute atomic E-state index is 0. The predicted octanol–water partition coefficient (Wildman–Crippen LogP) is 2.85. The summed E-state index contributed by atoms with van der Waals surface area (Å²) in [7, 11) is 3.49. The van der Waals surface area contributed by atoms with Crippen LogP contribution in [0.15, 0.2) is 29.3 Å². The van der Waals surface area contributed by atoms with Gasteiger partial charge in [-0.3, -0.25) is 9.79 Å². The molecule has 0 bridgehead atoms. The number of carbonyl (C=O) groups excluding carboxylic acids is 1. The Morgan fingerprint density at radius 2 is 2.03 bits per heavy atom. The van der Waals surface area contributed by atoms with Crippen LogP contribution in [0.1, 0.15) is 39.0 Å². The third kappa shape index (κ3) is 6.39. The van der Waals surface area contributed by atoms with Gasteiger partial charge in [-0.15, -0.1) is 24.0 Å². The van der Waals surface area contributed by atoms with E-state index in [0.717, 1.165) is 56.3 Å². The van der Waals surface area contributed by atoms with Crippen LogP contribution in [0.4, 0.5) is 5.69 Å². The van der Waals surface area contributed by atoms with Gasteiger partial charge in [0.2, 0.25) is 5.91 Å². The van der Waals surface area contributed by atoms with Crippen LogP contribution in [0, 0.1) is 0 Å². The lowest BCUT2D eigenvalue weighted by molar-refractivity contribution is -0.134. The number of para-hydroxylation sites is 2. The number of nitrogens with one attached hydrogen (secondary N) is 2. The lowest BCUT2D eigenvalue weighted by atomic mass is 10.0. The molecule has 2 aliphatic heterocycles. The first kappa shape index (κ1) is 24.6. The van der Waals surface area contributed by atoms with E-state index in [-0.39, 0.29) is 29.9 Å². The van der Waals surface area contributed by atoms with E-state index in [1.54, 1.807) is 14.2 Å². The second kappa shape index (κ2) is 12.2. The molecule has 30 heavy (non-hydrogen) atoms. The molecule has 168 valence electrons. The van der Waals surface area contributed by atoms with Gasteiger partial charge in [-0.2, -0.15) is 0 Å². The summed E-state index contributed by atoms with van der Waals surface area (Å²) in [4.78, 5) is 21.2. The Morgan fingerprint density at radius 3 is 2.77 bits per heavy atom. The number of ether oxygens (including phenoxy) is 1. The van der Waals surface area contributed by atoms with Crippen molar-refractivity contribution in [3.8, 4) is 5.75 Å². The number of guanidine groups is 1. The van der Waals surface area contributed by atoms with Crippen LogP contribution in [-0.4, -0.2) is 69.2 Å². The molecule has 2 N–H and O–H groups in total. The van der Waals surface area contributed by atoms with E-state index in [4.69, 9.17) is 4.74 Å². The number of rotatable bonds is 6. The van der Waals surface area contributed by atoms with Gasteiger partial charge in [-0.1, -0.05) is 12.1 Å². The van der Waals surface area contributed by atoms with Crippen molar-refractivity contribution >= 4 is 41.5 Å². The molecule has 2 aliphatic rings. The predicted molar refractivity (Wildman–Crippen MR) is 133 cm³/mol. The highest BCUT2D eigenvalue weighted by atomic mass is 127. The first-order chi connectivity index (χ1) is 14.1. The van der Waals surface area contributed by atoms with Crippen molar-refractivity contribution in [2.45, 2.75) is 51.1 Å². The van der Waals surface area contributed by atoms with Crippen molar-refractivity contribution in [2.75, 3.05) is 45.2 Å². The van der Waals surface area contributed by atoms with Crippen molar-refractivity contribution < 1.29 is 9.53 Å². The van der Waals surface area contributed by atoms with Gasteiger partial charge in [0.1, 0.15) is 5.75 Å². The number of piperidine rings is 1. The number of methoxy groups -OCH3 is 1. The average molecular weight is 529 g/mol. The number of hydrogen-bond acceptors (Lipinski definition) is 4. The minimum Gasteiger partial charge on any atom is -0.495 e. The van der Waals surface area contributed by atoms with Gasteiger partial charge in [0, 0.05) is 51.7 Å². The number of hydrogen-bond donors (Lipinski definition) is 2. The minimum atomic E-state index is 0. The fraction of sp³-hybridized carbons (Fsp3) is 0.636. The maximum Gasteiger partial charge on any atom is 0.224 e. The summed E-state index contributed by atoms with van der Waals surface area (Å²) in [6.07, 6.45) is 5.00. The highest BCUT2D eigenvalue weighted by Gasteiger charge is 2.26. The fourth-order valence-corrected chi connectivity index (χ4v) is 4.28. The highest BCUT2D eigenvalue weighted by Crippen LogP contribution is 2.30. The SMILES string of the molecule is CN=C(NCCC(=O)N1CCCCC1C)NC1CCN(c2ccccc2OC)C1.I. The summed E-state index contributed by atoms with van der Waals surface area (Å²) in [5, 5.41) is 6.80. The topological polar surface area (TPSA) is 69.2 Å². The number of likely N-dealkylation sites (tertiary alicyclic amines) is 1. The molecule has 3 rings (SSSR count). The molecule has 2 heterocycles. The molecule has 8 heteroatoms. The molecule has 2 atom stereocenters. The van der Waals surface area contributed by atoms with Crippen LogP contribution in [0.5, 0.6) is 5.75 Å². The van der Waals surface area contributed by atoms with Crippen molar-refractivity contribution in [1.82, 2.24) is 15.5 Å². The summed E-state index contributed by atoms with van der Waals surface area (Å²) in [6.45, 7) is 5.52. The van der Waals surface area contributed by atoms with E-state index in [0.29, 0.717) is 25.0 Å². The fourth-order valence-electron chi connectivity index (χ4n) is 4.28. The molecule has 0 saturated carbocycles. The van der Waals surface area contributed by atoms with Crippen molar-refractivity contribution in [1.29, 1.82) is 0 Å².